The zero-order chi connectivity index (χ0) is 14.8. The van der Waals surface area contributed by atoms with E-state index in [0.29, 0.717) is 18.6 Å². The minimum Gasteiger partial charge on any atom is -0.497 e. The van der Waals surface area contributed by atoms with Gasteiger partial charge < -0.3 is 10.1 Å². The molecule has 1 N–H and O–H groups in total. The Balaban J connectivity index is 1.96. The van der Waals surface area contributed by atoms with Crippen LogP contribution in [-0.2, 0) is 0 Å². The molecule has 0 atom stereocenters. The van der Waals surface area contributed by atoms with Crippen molar-refractivity contribution in [3.8, 4) is 5.75 Å². The number of rotatable bonds is 3. The first-order valence-corrected chi connectivity index (χ1v) is 6.57. The van der Waals surface area contributed by atoms with Crippen LogP contribution in [0.3, 0.4) is 0 Å². The Morgan fingerprint density at radius 3 is 2.35 bits per heavy atom. The van der Waals surface area contributed by atoms with Gasteiger partial charge in [-0.05, 0) is 37.8 Å². The first-order chi connectivity index (χ1) is 9.40. The molecule has 1 fully saturated rings. The van der Waals surface area contributed by atoms with Crippen LogP contribution in [0, 0.1) is 11.7 Å². The molecule has 0 aliphatic heterocycles. The number of halogens is 4. The maximum Gasteiger partial charge on any atom is 0.391 e. The Kier molecular flexibility index (Phi) is 4.40. The van der Waals surface area contributed by atoms with Gasteiger partial charge >= 0.3 is 6.18 Å². The van der Waals surface area contributed by atoms with Gasteiger partial charge in [-0.25, -0.2) is 4.39 Å². The highest BCUT2D eigenvalue weighted by molar-refractivity contribution is 5.50. The predicted molar refractivity (Wildman–Crippen MR) is 68.4 cm³/mol. The summed E-state index contributed by atoms with van der Waals surface area (Å²) in [4.78, 5) is 0. The van der Waals surface area contributed by atoms with Crippen LogP contribution in [-0.4, -0.2) is 19.3 Å². The van der Waals surface area contributed by atoms with E-state index in [0.717, 1.165) is 0 Å². The van der Waals surface area contributed by atoms with Crippen LogP contribution in [0.25, 0.3) is 0 Å². The molecule has 1 saturated carbocycles. The van der Waals surface area contributed by atoms with Gasteiger partial charge in [0.2, 0.25) is 0 Å². The molecule has 1 aliphatic carbocycles. The summed E-state index contributed by atoms with van der Waals surface area (Å²) >= 11 is 0. The summed E-state index contributed by atoms with van der Waals surface area (Å²) in [7, 11) is 1.48. The fraction of sp³-hybridized carbons (Fsp3) is 0.571. The molecule has 0 unspecified atom stereocenters. The van der Waals surface area contributed by atoms with Crippen LogP contribution >= 0.6 is 0 Å². The number of alkyl halides is 3. The van der Waals surface area contributed by atoms with E-state index in [2.05, 4.69) is 5.32 Å². The van der Waals surface area contributed by atoms with Gasteiger partial charge in [0.05, 0.1) is 18.7 Å². The zero-order valence-electron chi connectivity index (χ0n) is 11.1. The number of nitrogens with one attached hydrogen (secondary N) is 1. The summed E-state index contributed by atoms with van der Waals surface area (Å²) in [5.41, 5.74) is 0.278. The van der Waals surface area contributed by atoms with Crippen molar-refractivity contribution in [1.82, 2.24) is 0 Å². The highest BCUT2D eigenvalue weighted by Crippen LogP contribution is 2.38. The van der Waals surface area contributed by atoms with Gasteiger partial charge in [0.1, 0.15) is 11.6 Å². The molecule has 2 rings (SSSR count). The van der Waals surface area contributed by atoms with Gasteiger partial charge in [-0.1, -0.05) is 0 Å². The van der Waals surface area contributed by atoms with E-state index < -0.39 is 17.9 Å². The number of hydrogen-bond donors (Lipinski definition) is 1. The summed E-state index contributed by atoms with van der Waals surface area (Å²) < 4.78 is 56.3. The molecule has 1 aliphatic rings. The lowest BCUT2D eigenvalue weighted by molar-refractivity contribution is -0.182. The number of hydrogen-bond acceptors (Lipinski definition) is 2. The molecule has 2 nitrogen and oxygen atoms in total. The van der Waals surface area contributed by atoms with Crippen molar-refractivity contribution in [2.24, 2.45) is 5.92 Å². The first-order valence-electron chi connectivity index (χ1n) is 6.57. The lowest BCUT2D eigenvalue weighted by Crippen LogP contribution is -2.33. The lowest BCUT2D eigenvalue weighted by atomic mass is 9.85. The Labute approximate surface area is 115 Å². The zero-order valence-corrected chi connectivity index (χ0v) is 11.1. The van der Waals surface area contributed by atoms with Crippen LogP contribution < -0.4 is 10.1 Å². The number of methoxy groups -OCH3 is 1. The first kappa shape index (κ1) is 14.9. The standard InChI is InChI=1S/C14H17F4NO/c1-20-11-6-7-12(15)13(8-11)19-10-4-2-9(3-5-10)14(16,17)18/h6-10,19H,2-5H2,1H3. The van der Waals surface area contributed by atoms with Gasteiger partial charge in [-0.3, -0.25) is 0 Å². The molecule has 0 bridgehead atoms. The minimum atomic E-state index is -4.12. The second-order valence-electron chi connectivity index (χ2n) is 5.08. The van der Waals surface area contributed by atoms with Crippen molar-refractivity contribution in [2.75, 3.05) is 12.4 Å². The largest absolute Gasteiger partial charge is 0.497 e. The van der Waals surface area contributed by atoms with Gasteiger partial charge in [0.15, 0.2) is 0 Å². The van der Waals surface area contributed by atoms with Crippen molar-refractivity contribution in [3.05, 3.63) is 24.0 Å². The van der Waals surface area contributed by atoms with E-state index in [4.69, 9.17) is 4.74 Å². The maximum absolute atomic E-state index is 13.6. The second-order valence-corrected chi connectivity index (χ2v) is 5.08. The molecule has 0 saturated heterocycles. The Morgan fingerprint density at radius 1 is 1.15 bits per heavy atom. The molecular formula is C14H17F4NO. The fourth-order valence-electron chi connectivity index (χ4n) is 2.53. The summed E-state index contributed by atoms with van der Waals surface area (Å²) in [6, 6.07) is 4.17. The fourth-order valence-corrected chi connectivity index (χ4v) is 2.53. The Morgan fingerprint density at radius 2 is 1.80 bits per heavy atom. The summed E-state index contributed by atoms with van der Waals surface area (Å²) in [6.45, 7) is 0. The molecule has 0 spiro atoms. The third-order valence-electron chi connectivity index (χ3n) is 3.72. The Hall–Kier alpha value is -1.46. The van der Waals surface area contributed by atoms with E-state index in [9.17, 15) is 17.6 Å². The highest BCUT2D eigenvalue weighted by Gasteiger charge is 2.41. The van der Waals surface area contributed by atoms with Gasteiger partial charge in [-0.15, -0.1) is 0 Å². The molecular weight excluding hydrogens is 274 g/mol. The Bertz CT molecular complexity index is 453. The van der Waals surface area contributed by atoms with Crippen molar-refractivity contribution >= 4 is 5.69 Å². The third-order valence-corrected chi connectivity index (χ3v) is 3.72. The van der Waals surface area contributed by atoms with E-state index in [1.165, 1.54) is 25.3 Å². The SMILES string of the molecule is COc1ccc(F)c(NC2CCC(C(F)(F)F)CC2)c1. The van der Waals surface area contributed by atoms with Crippen LogP contribution in [0.5, 0.6) is 5.75 Å². The number of ether oxygens (including phenoxy) is 1. The van der Waals surface area contributed by atoms with Gasteiger partial charge in [0.25, 0.3) is 0 Å². The van der Waals surface area contributed by atoms with Crippen molar-refractivity contribution < 1.29 is 22.3 Å². The average Bonchev–Trinajstić information content (AvgIpc) is 2.41. The number of benzene rings is 1. The summed E-state index contributed by atoms with van der Waals surface area (Å²) in [6.07, 6.45) is -3.16. The van der Waals surface area contributed by atoms with Gasteiger partial charge in [-0.2, -0.15) is 13.2 Å². The summed E-state index contributed by atoms with van der Waals surface area (Å²) in [5.74, 6) is -1.14. The van der Waals surface area contributed by atoms with E-state index in [1.54, 1.807) is 0 Å². The molecule has 1 aromatic carbocycles. The van der Waals surface area contributed by atoms with Crippen LogP contribution in [0.15, 0.2) is 18.2 Å². The topological polar surface area (TPSA) is 21.3 Å². The van der Waals surface area contributed by atoms with Crippen molar-refractivity contribution in [2.45, 2.75) is 37.9 Å². The maximum atomic E-state index is 13.6. The molecule has 20 heavy (non-hydrogen) atoms. The normalized spacial score (nSPS) is 23.4. The van der Waals surface area contributed by atoms with Crippen molar-refractivity contribution in [1.29, 1.82) is 0 Å². The van der Waals surface area contributed by atoms with Crippen LogP contribution in [0.1, 0.15) is 25.7 Å². The monoisotopic (exact) mass is 291 g/mol. The summed E-state index contributed by atoms with van der Waals surface area (Å²) in [5, 5.41) is 2.97. The van der Waals surface area contributed by atoms with Crippen molar-refractivity contribution in [3.63, 3.8) is 0 Å². The highest BCUT2D eigenvalue weighted by atomic mass is 19.4. The van der Waals surface area contributed by atoms with E-state index in [1.807, 2.05) is 0 Å². The number of anilines is 1. The predicted octanol–water partition coefficient (Wildman–Crippen LogP) is 4.37. The molecule has 6 heteroatoms. The quantitative estimate of drug-likeness (QED) is 0.835. The molecule has 0 heterocycles. The molecule has 0 radical (unpaired) electrons. The van der Waals surface area contributed by atoms with Crippen LogP contribution in [0.2, 0.25) is 0 Å². The molecule has 1 aromatic rings. The van der Waals surface area contributed by atoms with E-state index in [-0.39, 0.29) is 24.6 Å². The van der Waals surface area contributed by atoms with Gasteiger partial charge in [0, 0.05) is 12.1 Å². The smallest absolute Gasteiger partial charge is 0.391 e. The van der Waals surface area contributed by atoms with Crippen LogP contribution in [0.4, 0.5) is 23.2 Å². The lowest BCUT2D eigenvalue weighted by Gasteiger charge is -2.31. The third kappa shape index (κ3) is 3.55. The van der Waals surface area contributed by atoms with E-state index >= 15 is 0 Å². The minimum absolute atomic E-state index is 0.0900. The molecule has 0 aromatic heterocycles. The average molecular weight is 291 g/mol. The molecule has 112 valence electrons. The second kappa shape index (κ2) is 5.89. The molecule has 0 amide bonds.